The third-order valence-electron chi connectivity index (χ3n) is 3.99. The first-order valence-corrected chi connectivity index (χ1v) is 9.21. The molecule has 0 fully saturated rings. The number of hydrogen-bond donors (Lipinski definition) is 0. The van der Waals surface area contributed by atoms with Gasteiger partial charge in [-0.2, -0.15) is 0 Å². The van der Waals surface area contributed by atoms with Gasteiger partial charge in [-0.15, -0.1) is 22.7 Å². The number of benzene rings is 3. The molecule has 0 amide bonds. The van der Waals surface area contributed by atoms with Gasteiger partial charge in [0.1, 0.15) is 0 Å². The van der Waals surface area contributed by atoms with Crippen LogP contribution in [0.2, 0.25) is 10.0 Å². The lowest BCUT2D eigenvalue weighted by atomic mass is 10.1. The van der Waals surface area contributed by atoms with Crippen LogP contribution in [0, 0.1) is 0 Å². The molecule has 0 aliphatic carbocycles. The maximum atomic E-state index is 6.12. The zero-order valence-corrected chi connectivity index (χ0v) is 14.3. The van der Waals surface area contributed by atoms with E-state index in [9.17, 15) is 0 Å². The Labute approximate surface area is 144 Å². The Morgan fingerprint density at radius 2 is 0.909 bits per heavy atom. The van der Waals surface area contributed by atoms with Gasteiger partial charge in [0.25, 0.3) is 0 Å². The van der Waals surface area contributed by atoms with Crippen molar-refractivity contribution in [2.45, 2.75) is 0 Å². The lowest BCUT2D eigenvalue weighted by Crippen LogP contribution is -1.68. The van der Waals surface area contributed by atoms with E-state index in [0.717, 1.165) is 10.0 Å². The van der Waals surface area contributed by atoms with Crippen LogP contribution >= 0.6 is 45.9 Å². The van der Waals surface area contributed by atoms with Crippen LogP contribution in [0.5, 0.6) is 0 Å². The van der Waals surface area contributed by atoms with Gasteiger partial charge in [0.15, 0.2) is 0 Å². The summed E-state index contributed by atoms with van der Waals surface area (Å²) in [5, 5.41) is 6.76. The largest absolute Gasteiger partial charge is 0.135 e. The van der Waals surface area contributed by atoms with Crippen LogP contribution in [-0.4, -0.2) is 0 Å². The summed E-state index contributed by atoms with van der Waals surface area (Å²) in [5.41, 5.74) is 0. The summed E-state index contributed by atoms with van der Waals surface area (Å²) in [6, 6.07) is 16.9. The monoisotopic (exact) mass is 358 g/mol. The number of halogens is 2. The van der Waals surface area contributed by atoms with E-state index in [2.05, 4.69) is 24.3 Å². The number of thiophene rings is 2. The molecule has 0 aliphatic rings. The van der Waals surface area contributed by atoms with Crippen molar-refractivity contribution in [2.24, 2.45) is 0 Å². The van der Waals surface area contributed by atoms with Crippen LogP contribution in [-0.2, 0) is 0 Å². The molecule has 2 heterocycles. The van der Waals surface area contributed by atoms with E-state index in [1.54, 1.807) is 22.7 Å². The molecular formula is C18H8Cl2S2. The number of fused-ring (bicyclic) bond motifs is 6. The van der Waals surface area contributed by atoms with Crippen molar-refractivity contribution in [1.29, 1.82) is 0 Å². The zero-order valence-electron chi connectivity index (χ0n) is 11.2. The predicted octanol–water partition coefficient (Wildman–Crippen LogP) is 7.73. The zero-order chi connectivity index (χ0) is 14.8. The smallest absolute Gasteiger partial charge is 0.0420 e. The Balaban J connectivity index is 1.97. The van der Waals surface area contributed by atoms with Crippen molar-refractivity contribution in [3.63, 3.8) is 0 Å². The third kappa shape index (κ3) is 1.82. The van der Waals surface area contributed by atoms with Gasteiger partial charge in [-0.25, -0.2) is 0 Å². The predicted molar refractivity (Wildman–Crippen MR) is 102 cm³/mol. The molecule has 0 spiro atoms. The quantitative estimate of drug-likeness (QED) is 0.265. The second-order valence-corrected chi connectivity index (χ2v) is 8.37. The first-order chi connectivity index (χ1) is 10.7. The van der Waals surface area contributed by atoms with Crippen molar-refractivity contribution in [3.8, 4) is 0 Å². The lowest BCUT2D eigenvalue weighted by molar-refractivity contribution is 1.86. The minimum Gasteiger partial charge on any atom is -0.135 e. The van der Waals surface area contributed by atoms with Gasteiger partial charge in [-0.3, -0.25) is 0 Å². The summed E-state index contributed by atoms with van der Waals surface area (Å²) < 4.78 is 5.10. The Morgan fingerprint density at radius 3 is 1.36 bits per heavy atom. The normalized spacial score (nSPS) is 12.1. The van der Waals surface area contributed by atoms with Crippen LogP contribution in [0.1, 0.15) is 0 Å². The van der Waals surface area contributed by atoms with E-state index in [0.29, 0.717) is 0 Å². The van der Waals surface area contributed by atoms with Gasteiger partial charge >= 0.3 is 0 Å². The number of rotatable bonds is 0. The van der Waals surface area contributed by atoms with Crippen molar-refractivity contribution >= 4 is 86.2 Å². The van der Waals surface area contributed by atoms with E-state index in [-0.39, 0.29) is 0 Å². The fourth-order valence-electron chi connectivity index (χ4n) is 2.99. The summed E-state index contributed by atoms with van der Waals surface area (Å²) in [6.07, 6.45) is 0. The fourth-order valence-corrected chi connectivity index (χ4v) is 5.80. The Kier molecular flexibility index (Phi) is 2.74. The molecule has 3 aromatic carbocycles. The van der Waals surface area contributed by atoms with Crippen molar-refractivity contribution in [2.75, 3.05) is 0 Å². The Bertz CT molecular complexity index is 1100. The summed E-state index contributed by atoms with van der Waals surface area (Å²) >= 11 is 15.8. The molecule has 22 heavy (non-hydrogen) atoms. The van der Waals surface area contributed by atoms with E-state index >= 15 is 0 Å². The Morgan fingerprint density at radius 1 is 0.500 bits per heavy atom. The molecule has 0 nitrogen and oxygen atoms in total. The highest BCUT2D eigenvalue weighted by Crippen LogP contribution is 2.42. The van der Waals surface area contributed by atoms with Gasteiger partial charge in [-0.1, -0.05) is 35.3 Å². The first-order valence-electron chi connectivity index (χ1n) is 6.83. The molecular weight excluding hydrogens is 351 g/mol. The minimum absolute atomic E-state index is 0.793. The highest BCUT2D eigenvalue weighted by molar-refractivity contribution is 7.27. The van der Waals surface area contributed by atoms with E-state index in [1.165, 1.54) is 40.3 Å². The summed E-state index contributed by atoms with van der Waals surface area (Å²) in [7, 11) is 0. The van der Waals surface area contributed by atoms with Crippen molar-refractivity contribution in [1.82, 2.24) is 0 Å². The van der Waals surface area contributed by atoms with Crippen LogP contribution < -0.4 is 0 Å². The molecule has 4 heteroatoms. The van der Waals surface area contributed by atoms with Gasteiger partial charge in [0, 0.05) is 50.4 Å². The summed E-state index contributed by atoms with van der Waals surface area (Å²) in [6.45, 7) is 0. The standard InChI is InChI=1S/C18H8Cl2S2/c19-9-1-3-11-13-7-18-14(8-17(13)21-15(11)5-9)12-4-2-10(20)6-16(12)22-18/h1-8H. The summed E-state index contributed by atoms with van der Waals surface area (Å²) in [5.74, 6) is 0. The molecule has 0 N–H and O–H groups in total. The average Bonchev–Trinajstić information content (AvgIpc) is 3.00. The highest BCUT2D eigenvalue weighted by atomic mass is 35.5. The van der Waals surface area contributed by atoms with Gasteiger partial charge in [0.2, 0.25) is 0 Å². The molecule has 0 aliphatic heterocycles. The maximum Gasteiger partial charge on any atom is 0.0420 e. The van der Waals surface area contributed by atoms with Gasteiger partial charge < -0.3 is 0 Å². The van der Waals surface area contributed by atoms with Gasteiger partial charge in [-0.05, 0) is 36.4 Å². The van der Waals surface area contributed by atoms with Gasteiger partial charge in [0.05, 0.1) is 0 Å². The molecule has 0 bridgehead atoms. The maximum absolute atomic E-state index is 6.12. The molecule has 2 aromatic heterocycles. The van der Waals surface area contributed by atoms with Crippen LogP contribution in [0.4, 0.5) is 0 Å². The summed E-state index contributed by atoms with van der Waals surface area (Å²) in [4.78, 5) is 0. The van der Waals surface area contributed by atoms with E-state index in [4.69, 9.17) is 23.2 Å². The first kappa shape index (κ1) is 13.1. The number of hydrogen-bond acceptors (Lipinski definition) is 2. The minimum atomic E-state index is 0.793. The van der Waals surface area contributed by atoms with Crippen molar-refractivity contribution in [3.05, 3.63) is 58.6 Å². The van der Waals surface area contributed by atoms with Crippen molar-refractivity contribution < 1.29 is 0 Å². The highest BCUT2D eigenvalue weighted by Gasteiger charge is 2.11. The lowest BCUT2D eigenvalue weighted by Gasteiger charge is -1.94. The molecule has 0 atom stereocenters. The molecule has 5 aromatic rings. The SMILES string of the molecule is Clc1ccc2c(c1)sc1cc3c(cc12)sc1cc(Cl)ccc13. The molecule has 0 unspecified atom stereocenters. The third-order valence-corrected chi connectivity index (χ3v) is 6.69. The fraction of sp³-hybridized carbons (Fsp3) is 0. The topological polar surface area (TPSA) is 0 Å². The Hall–Kier alpha value is -1.32. The van der Waals surface area contributed by atoms with Crippen LogP contribution in [0.15, 0.2) is 48.5 Å². The van der Waals surface area contributed by atoms with Crippen LogP contribution in [0.3, 0.4) is 0 Å². The molecule has 0 saturated carbocycles. The van der Waals surface area contributed by atoms with E-state index < -0.39 is 0 Å². The second-order valence-electron chi connectivity index (χ2n) is 5.33. The van der Waals surface area contributed by atoms with E-state index in [1.807, 2.05) is 24.3 Å². The molecule has 0 radical (unpaired) electrons. The average molecular weight is 359 g/mol. The molecule has 106 valence electrons. The van der Waals surface area contributed by atoms with Crippen LogP contribution in [0.25, 0.3) is 40.3 Å². The molecule has 0 saturated heterocycles. The second kappa shape index (κ2) is 4.59. The molecule has 5 rings (SSSR count).